The van der Waals surface area contributed by atoms with Crippen molar-refractivity contribution in [2.24, 2.45) is 0 Å². The van der Waals surface area contributed by atoms with Crippen LogP contribution in [0.25, 0.3) is 0 Å². The molecule has 1 aliphatic heterocycles. The maximum absolute atomic E-state index is 6.25. The highest BCUT2D eigenvalue weighted by molar-refractivity contribution is 7.80. The van der Waals surface area contributed by atoms with Crippen molar-refractivity contribution in [1.29, 1.82) is 0 Å². The molecule has 3 rings (SSSR count). The molecule has 27 heavy (non-hydrogen) atoms. The maximum Gasteiger partial charge on any atom is 0.173 e. The minimum absolute atomic E-state index is 0.741. The molecule has 1 aromatic carbocycles. The number of aryl methyl sites for hydroxylation is 1. The summed E-state index contributed by atoms with van der Waals surface area (Å²) in [5.41, 5.74) is 1.99. The van der Waals surface area contributed by atoms with Crippen LogP contribution in [0.4, 0.5) is 5.69 Å². The van der Waals surface area contributed by atoms with E-state index in [4.69, 9.17) is 28.6 Å². The average molecular weight is 424 g/mol. The Labute approximate surface area is 176 Å². The Bertz CT molecular complexity index is 733. The third-order valence-electron chi connectivity index (χ3n) is 4.64. The molecular weight excluding hydrogens is 398 g/mol. The number of anilines is 1. The minimum atomic E-state index is 0.741. The van der Waals surface area contributed by atoms with Crippen molar-refractivity contribution < 1.29 is 4.74 Å². The molecule has 146 valence electrons. The molecule has 0 radical (unpaired) electrons. The Kier molecular flexibility index (Phi) is 7.91. The second-order valence-electron chi connectivity index (χ2n) is 6.70. The van der Waals surface area contributed by atoms with Crippen molar-refractivity contribution in [3.8, 4) is 0 Å². The van der Waals surface area contributed by atoms with Gasteiger partial charge in [0.1, 0.15) is 0 Å². The summed E-state index contributed by atoms with van der Waals surface area (Å²) in [6.45, 7) is 8.54. The first-order valence-electron chi connectivity index (χ1n) is 9.26. The zero-order valence-corrected chi connectivity index (χ0v) is 18.0. The van der Waals surface area contributed by atoms with E-state index in [9.17, 15) is 0 Å². The van der Waals surface area contributed by atoms with Crippen LogP contribution in [0.3, 0.4) is 0 Å². The van der Waals surface area contributed by atoms with Crippen molar-refractivity contribution in [2.75, 3.05) is 44.7 Å². The number of thiocarbonyl (C=S) groups is 1. The zero-order chi connectivity index (χ0) is 19.1. The second kappa shape index (κ2) is 10.4. The summed E-state index contributed by atoms with van der Waals surface area (Å²) in [7, 11) is 0. The summed E-state index contributed by atoms with van der Waals surface area (Å²) in [5.74, 6) is 0. The first-order valence-corrected chi connectivity index (χ1v) is 10.9. The van der Waals surface area contributed by atoms with Gasteiger partial charge in [0.15, 0.2) is 5.11 Å². The number of ether oxygens (including phenoxy) is 1. The van der Waals surface area contributed by atoms with E-state index in [-0.39, 0.29) is 0 Å². The monoisotopic (exact) mass is 423 g/mol. The lowest BCUT2D eigenvalue weighted by Gasteiger charge is -2.29. The summed E-state index contributed by atoms with van der Waals surface area (Å²) in [4.78, 5) is 6.02. The fourth-order valence-electron chi connectivity index (χ4n) is 3.03. The van der Waals surface area contributed by atoms with Crippen LogP contribution in [0.15, 0.2) is 35.7 Å². The van der Waals surface area contributed by atoms with Gasteiger partial charge in [0.2, 0.25) is 0 Å². The predicted octanol–water partition coefficient (Wildman–Crippen LogP) is 4.63. The van der Waals surface area contributed by atoms with E-state index in [1.54, 1.807) is 11.3 Å². The van der Waals surface area contributed by atoms with Gasteiger partial charge in [0.25, 0.3) is 0 Å². The van der Waals surface area contributed by atoms with Gasteiger partial charge in [0, 0.05) is 41.8 Å². The van der Waals surface area contributed by atoms with E-state index in [0.717, 1.165) is 73.7 Å². The van der Waals surface area contributed by atoms with E-state index in [1.807, 2.05) is 25.1 Å². The summed E-state index contributed by atoms with van der Waals surface area (Å²) < 4.78 is 5.43. The quantitative estimate of drug-likeness (QED) is 0.655. The van der Waals surface area contributed by atoms with E-state index in [1.165, 1.54) is 4.88 Å². The Morgan fingerprint density at radius 3 is 2.85 bits per heavy atom. The Morgan fingerprint density at radius 1 is 1.33 bits per heavy atom. The topological polar surface area (TPSA) is 27.7 Å². The van der Waals surface area contributed by atoms with Crippen LogP contribution in [0.5, 0.6) is 0 Å². The number of nitrogens with zero attached hydrogens (tertiary/aromatic N) is 2. The molecule has 1 aliphatic rings. The summed E-state index contributed by atoms with van der Waals surface area (Å²) in [5, 5.41) is 6.95. The molecule has 0 aliphatic carbocycles. The van der Waals surface area contributed by atoms with Gasteiger partial charge < -0.3 is 15.0 Å². The molecule has 0 spiro atoms. The number of nitrogens with one attached hydrogen (secondary N) is 1. The van der Waals surface area contributed by atoms with Gasteiger partial charge in [-0.25, -0.2) is 0 Å². The van der Waals surface area contributed by atoms with Gasteiger partial charge >= 0.3 is 0 Å². The molecule has 4 nitrogen and oxygen atoms in total. The lowest BCUT2D eigenvalue weighted by Crippen LogP contribution is -2.39. The molecule has 1 fully saturated rings. The third-order valence-corrected chi connectivity index (χ3v) is 6.27. The van der Waals surface area contributed by atoms with Crippen molar-refractivity contribution in [1.82, 2.24) is 9.80 Å². The van der Waals surface area contributed by atoms with Gasteiger partial charge in [-0.15, -0.1) is 11.3 Å². The normalized spacial score (nSPS) is 14.9. The van der Waals surface area contributed by atoms with Crippen LogP contribution in [0, 0.1) is 6.92 Å². The van der Waals surface area contributed by atoms with E-state index >= 15 is 0 Å². The summed E-state index contributed by atoms with van der Waals surface area (Å²) in [6, 6.07) is 10.2. The molecule has 2 heterocycles. The highest BCUT2D eigenvalue weighted by Gasteiger charge is 2.14. The average Bonchev–Trinajstić information content (AvgIpc) is 3.18. The molecule has 7 heteroatoms. The number of benzene rings is 1. The largest absolute Gasteiger partial charge is 0.379 e. The lowest BCUT2D eigenvalue weighted by molar-refractivity contribution is 0.0368. The molecule has 2 aromatic rings. The molecule has 0 unspecified atom stereocenters. The van der Waals surface area contributed by atoms with Crippen molar-refractivity contribution in [3.63, 3.8) is 0 Å². The van der Waals surface area contributed by atoms with Crippen molar-refractivity contribution >= 4 is 46.0 Å². The number of thiophene rings is 1. The SMILES string of the molecule is Cc1ccc(NC(=S)N(CCCN2CCOCC2)Cc2cccs2)cc1Cl. The molecule has 0 bridgehead atoms. The fraction of sp³-hybridized carbons (Fsp3) is 0.450. The molecule has 1 N–H and O–H groups in total. The molecule has 1 saturated heterocycles. The zero-order valence-electron chi connectivity index (χ0n) is 15.6. The Hall–Kier alpha value is -1.18. The van der Waals surface area contributed by atoms with Crippen LogP contribution in [-0.4, -0.2) is 54.3 Å². The van der Waals surface area contributed by atoms with Crippen molar-refractivity contribution in [3.05, 3.63) is 51.2 Å². The molecule has 0 saturated carbocycles. The van der Waals surface area contributed by atoms with Gasteiger partial charge in [-0.05, 0) is 54.7 Å². The van der Waals surface area contributed by atoms with Gasteiger partial charge in [0.05, 0.1) is 19.8 Å². The smallest absolute Gasteiger partial charge is 0.173 e. The Balaban J connectivity index is 1.59. The van der Waals surface area contributed by atoms with Crippen LogP contribution < -0.4 is 5.32 Å². The first-order chi connectivity index (χ1) is 13.1. The predicted molar refractivity (Wildman–Crippen MR) is 119 cm³/mol. The first kappa shape index (κ1) is 20.6. The minimum Gasteiger partial charge on any atom is -0.379 e. The van der Waals surface area contributed by atoms with E-state index in [0.29, 0.717) is 0 Å². The molecule has 1 aromatic heterocycles. The number of rotatable bonds is 7. The van der Waals surface area contributed by atoms with Gasteiger partial charge in [-0.1, -0.05) is 23.7 Å². The van der Waals surface area contributed by atoms with Gasteiger partial charge in [-0.3, -0.25) is 4.90 Å². The highest BCUT2D eigenvalue weighted by atomic mass is 35.5. The summed E-state index contributed by atoms with van der Waals surface area (Å²) >= 11 is 13.7. The lowest BCUT2D eigenvalue weighted by atomic mass is 10.2. The molecular formula is C20H26ClN3OS2. The van der Waals surface area contributed by atoms with Crippen LogP contribution in [0.1, 0.15) is 16.9 Å². The molecule has 0 atom stereocenters. The van der Waals surface area contributed by atoms with Crippen LogP contribution in [0.2, 0.25) is 5.02 Å². The van der Waals surface area contributed by atoms with Crippen LogP contribution >= 0.6 is 35.2 Å². The van der Waals surface area contributed by atoms with E-state index < -0.39 is 0 Å². The molecule has 0 amide bonds. The highest BCUT2D eigenvalue weighted by Crippen LogP contribution is 2.21. The van der Waals surface area contributed by atoms with Crippen molar-refractivity contribution in [2.45, 2.75) is 19.9 Å². The van der Waals surface area contributed by atoms with E-state index in [2.05, 4.69) is 32.6 Å². The fourth-order valence-corrected chi connectivity index (χ4v) is 4.20. The standard InChI is InChI=1S/C20H26ClN3OS2/c1-16-5-6-17(14-19(16)21)22-20(26)24(15-18-4-2-13-27-18)8-3-7-23-9-11-25-12-10-23/h2,4-6,13-14H,3,7-12,15H2,1H3,(H,22,26). The number of hydrogen-bond acceptors (Lipinski definition) is 4. The van der Waals surface area contributed by atoms with Gasteiger partial charge in [-0.2, -0.15) is 0 Å². The third kappa shape index (κ3) is 6.43. The van der Waals surface area contributed by atoms with Crippen LogP contribution in [-0.2, 0) is 11.3 Å². The number of halogens is 1. The number of hydrogen-bond donors (Lipinski definition) is 1. The number of morpholine rings is 1. The second-order valence-corrected chi connectivity index (χ2v) is 8.53. The summed E-state index contributed by atoms with van der Waals surface area (Å²) in [6.07, 6.45) is 1.07. The Morgan fingerprint density at radius 2 is 2.15 bits per heavy atom. The maximum atomic E-state index is 6.25.